The Morgan fingerprint density at radius 1 is 0.962 bits per heavy atom. The zero-order valence-electron chi connectivity index (χ0n) is 14.8. The Bertz CT molecular complexity index is 936. The summed E-state index contributed by atoms with van der Waals surface area (Å²) < 4.78 is 27.7. The minimum atomic E-state index is -3.55. The normalized spacial score (nSPS) is 15.9. The van der Waals surface area contributed by atoms with Crippen LogP contribution in [0.2, 0.25) is 0 Å². The van der Waals surface area contributed by atoms with Crippen molar-refractivity contribution < 1.29 is 13.2 Å². The lowest BCUT2D eigenvalue weighted by molar-refractivity contribution is 0.0698. The molecule has 0 unspecified atom stereocenters. The fraction of sp³-hybridized carbons (Fsp3) is 0.316. The second kappa shape index (κ2) is 7.50. The van der Waals surface area contributed by atoms with Gasteiger partial charge in [0.25, 0.3) is 5.91 Å². The molecule has 7 heteroatoms. The molecular formula is C19H21BrN2O3S. The average molecular weight is 437 g/mol. The van der Waals surface area contributed by atoms with Crippen LogP contribution in [0.15, 0.2) is 51.8 Å². The van der Waals surface area contributed by atoms with Crippen LogP contribution < -0.4 is 0 Å². The summed E-state index contributed by atoms with van der Waals surface area (Å²) in [5.41, 5.74) is 2.87. The van der Waals surface area contributed by atoms with E-state index in [1.807, 2.05) is 32.0 Å². The molecule has 1 saturated heterocycles. The molecule has 3 rings (SSSR count). The second-order valence-electron chi connectivity index (χ2n) is 6.45. The predicted molar refractivity (Wildman–Crippen MR) is 105 cm³/mol. The molecule has 26 heavy (non-hydrogen) atoms. The van der Waals surface area contributed by atoms with E-state index in [-0.39, 0.29) is 10.8 Å². The zero-order chi connectivity index (χ0) is 18.9. The fourth-order valence-electron chi connectivity index (χ4n) is 2.97. The van der Waals surface area contributed by atoms with Gasteiger partial charge < -0.3 is 4.90 Å². The van der Waals surface area contributed by atoms with Crippen molar-refractivity contribution in [2.24, 2.45) is 0 Å². The largest absolute Gasteiger partial charge is 0.336 e. The van der Waals surface area contributed by atoms with Crippen molar-refractivity contribution in [1.82, 2.24) is 9.21 Å². The van der Waals surface area contributed by atoms with Crippen molar-refractivity contribution in [3.8, 4) is 0 Å². The first-order chi connectivity index (χ1) is 12.3. The Balaban J connectivity index is 1.70. The zero-order valence-corrected chi connectivity index (χ0v) is 17.2. The topological polar surface area (TPSA) is 57.7 Å². The van der Waals surface area contributed by atoms with E-state index in [9.17, 15) is 13.2 Å². The molecule has 0 aliphatic carbocycles. The summed E-state index contributed by atoms with van der Waals surface area (Å²) >= 11 is 3.31. The van der Waals surface area contributed by atoms with Gasteiger partial charge in [-0.3, -0.25) is 4.79 Å². The van der Waals surface area contributed by atoms with E-state index < -0.39 is 10.0 Å². The summed E-state index contributed by atoms with van der Waals surface area (Å²) in [6, 6.07) is 12.3. The summed E-state index contributed by atoms with van der Waals surface area (Å²) in [6.07, 6.45) is 0. The van der Waals surface area contributed by atoms with E-state index in [0.717, 1.165) is 15.6 Å². The van der Waals surface area contributed by atoms with Gasteiger partial charge in [0.1, 0.15) is 0 Å². The summed E-state index contributed by atoms with van der Waals surface area (Å²) in [7, 11) is -3.55. The molecule has 1 fully saturated rings. The Labute approximate surface area is 162 Å². The van der Waals surface area contributed by atoms with Gasteiger partial charge in [-0.05, 0) is 55.3 Å². The molecule has 0 bridgehead atoms. The van der Waals surface area contributed by atoms with Crippen molar-refractivity contribution in [2.45, 2.75) is 18.7 Å². The molecule has 0 N–H and O–H groups in total. The van der Waals surface area contributed by atoms with Crippen LogP contribution in [0.3, 0.4) is 0 Å². The molecule has 0 radical (unpaired) electrons. The molecule has 1 heterocycles. The van der Waals surface area contributed by atoms with Crippen LogP contribution >= 0.6 is 15.9 Å². The molecule has 0 aromatic heterocycles. The highest BCUT2D eigenvalue weighted by Gasteiger charge is 2.30. The maximum atomic E-state index is 12.8. The number of rotatable bonds is 3. The van der Waals surface area contributed by atoms with Crippen LogP contribution in [0.25, 0.3) is 0 Å². The third-order valence-electron chi connectivity index (χ3n) is 4.71. The number of carbonyl (C=O) groups excluding carboxylic acids is 1. The molecule has 0 spiro atoms. The fourth-order valence-corrected chi connectivity index (χ4v) is 4.98. The number of halogens is 1. The van der Waals surface area contributed by atoms with Crippen LogP contribution in [0.1, 0.15) is 21.5 Å². The third kappa shape index (κ3) is 3.84. The monoisotopic (exact) mass is 436 g/mol. The Hall–Kier alpha value is -1.70. The van der Waals surface area contributed by atoms with Gasteiger partial charge in [0.05, 0.1) is 4.90 Å². The van der Waals surface area contributed by atoms with Gasteiger partial charge in [0, 0.05) is 36.2 Å². The molecule has 0 atom stereocenters. The summed E-state index contributed by atoms with van der Waals surface area (Å²) in [5, 5.41) is 0. The maximum absolute atomic E-state index is 12.8. The van der Waals surface area contributed by atoms with Crippen molar-refractivity contribution in [3.05, 3.63) is 63.6 Å². The number of hydrogen-bond acceptors (Lipinski definition) is 3. The molecule has 1 aliphatic rings. The lowest BCUT2D eigenvalue weighted by atomic mass is 10.1. The lowest BCUT2D eigenvalue weighted by Gasteiger charge is -2.34. The minimum Gasteiger partial charge on any atom is -0.336 e. The van der Waals surface area contributed by atoms with Gasteiger partial charge in [-0.1, -0.05) is 28.1 Å². The van der Waals surface area contributed by atoms with Gasteiger partial charge in [-0.2, -0.15) is 4.31 Å². The smallest absolute Gasteiger partial charge is 0.253 e. The van der Waals surface area contributed by atoms with Gasteiger partial charge in [-0.15, -0.1) is 0 Å². The van der Waals surface area contributed by atoms with E-state index in [0.29, 0.717) is 31.7 Å². The molecule has 2 aromatic rings. The maximum Gasteiger partial charge on any atom is 0.253 e. The molecule has 1 amide bonds. The SMILES string of the molecule is Cc1ccc(C(=O)N2CCN(S(=O)(=O)c3cccc(Br)c3)CC2)cc1C. The molecule has 1 aliphatic heterocycles. The van der Waals surface area contributed by atoms with Crippen molar-refractivity contribution in [3.63, 3.8) is 0 Å². The van der Waals surface area contributed by atoms with Crippen LogP contribution in [-0.2, 0) is 10.0 Å². The first kappa shape index (κ1) is 19.1. The standard InChI is InChI=1S/C19H21BrN2O3S/c1-14-6-7-16(12-15(14)2)19(23)21-8-10-22(11-9-21)26(24,25)18-5-3-4-17(20)13-18/h3-7,12-13H,8-11H2,1-2H3. The highest BCUT2D eigenvalue weighted by molar-refractivity contribution is 9.10. The van der Waals surface area contributed by atoms with Crippen molar-refractivity contribution in [2.75, 3.05) is 26.2 Å². The third-order valence-corrected chi connectivity index (χ3v) is 7.10. The quantitative estimate of drug-likeness (QED) is 0.741. The highest BCUT2D eigenvalue weighted by atomic mass is 79.9. The number of amides is 1. The molecule has 2 aromatic carbocycles. The molecular weight excluding hydrogens is 416 g/mol. The van der Waals surface area contributed by atoms with Gasteiger partial charge in [0.2, 0.25) is 10.0 Å². The number of sulfonamides is 1. The molecule has 0 saturated carbocycles. The van der Waals surface area contributed by atoms with Crippen molar-refractivity contribution in [1.29, 1.82) is 0 Å². The minimum absolute atomic E-state index is 0.0485. The number of aryl methyl sites for hydroxylation is 2. The number of piperazine rings is 1. The number of benzene rings is 2. The van der Waals surface area contributed by atoms with E-state index in [1.54, 1.807) is 29.2 Å². The lowest BCUT2D eigenvalue weighted by Crippen LogP contribution is -2.50. The number of carbonyl (C=O) groups is 1. The first-order valence-electron chi connectivity index (χ1n) is 8.41. The number of nitrogens with zero attached hydrogens (tertiary/aromatic N) is 2. The Kier molecular flexibility index (Phi) is 5.50. The van der Waals surface area contributed by atoms with Crippen LogP contribution in [0, 0.1) is 13.8 Å². The predicted octanol–water partition coefficient (Wildman–Crippen LogP) is 3.21. The number of hydrogen-bond donors (Lipinski definition) is 0. The van der Waals surface area contributed by atoms with Crippen LogP contribution in [0.5, 0.6) is 0 Å². The van der Waals surface area contributed by atoms with E-state index in [4.69, 9.17) is 0 Å². The van der Waals surface area contributed by atoms with E-state index in [2.05, 4.69) is 15.9 Å². The Morgan fingerprint density at radius 2 is 1.65 bits per heavy atom. The summed E-state index contributed by atoms with van der Waals surface area (Å²) in [5.74, 6) is -0.0485. The molecule has 138 valence electrons. The second-order valence-corrected chi connectivity index (χ2v) is 9.31. The van der Waals surface area contributed by atoms with Crippen LogP contribution in [-0.4, -0.2) is 49.7 Å². The van der Waals surface area contributed by atoms with E-state index >= 15 is 0 Å². The first-order valence-corrected chi connectivity index (χ1v) is 10.6. The molecule has 5 nitrogen and oxygen atoms in total. The highest BCUT2D eigenvalue weighted by Crippen LogP contribution is 2.22. The van der Waals surface area contributed by atoms with Gasteiger partial charge in [-0.25, -0.2) is 8.42 Å². The Morgan fingerprint density at radius 3 is 2.27 bits per heavy atom. The van der Waals surface area contributed by atoms with Crippen molar-refractivity contribution >= 4 is 31.9 Å². The summed E-state index contributed by atoms with van der Waals surface area (Å²) in [4.78, 5) is 14.7. The van der Waals surface area contributed by atoms with Gasteiger partial charge >= 0.3 is 0 Å². The van der Waals surface area contributed by atoms with E-state index in [1.165, 1.54) is 4.31 Å². The average Bonchev–Trinajstić information content (AvgIpc) is 2.63. The summed E-state index contributed by atoms with van der Waals surface area (Å²) in [6.45, 7) is 5.36. The van der Waals surface area contributed by atoms with Gasteiger partial charge in [0.15, 0.2) is 0 Å². The van der Waals surface area contributed by atoms with Crippen LogP contribution in [0.4, 0.5) is 0 Å².